The Labute approximate surface area is 101 Å². The average molecular weight is 231 g/mol. The molecule has 1 aromatic heterocycles. The van der Waals surface area contributed by atoms with Crippen LogP contribution in [0.4, 0.5) is 0 Å². The van der Waals surface area contributed by atoms with E-state index < -0.39 is 0 Å². The van der Waals surface area contributed by atoms with E-state index in [2.05, 4.69) is 11.4 Å². The smallest absolute Gasteiger partial charge is 0.176 e. The minimum Gasteiger partial charge on any atom is -0.487 e. The predicted molar refractivity (Wildman–Crippen MR) is 67.4 cm³/mol. The van der Waals surface area contributed by atoms with Crippen LogP contribution in [-0.2, 0) is 13.0 Å². The normalized spacial score (nSPS) is 15.2. The fourth-order valence-corrected chi connectivity index (χ4v) is 2.37. The Kier molecular flexibility index (Phi) is 2.56. The number of benzene rings is 1. The van der Waals surface area contributed by atoms with Crippen LogP contribution in [0.3, 0.4) is 0 Å². The van der Waals surface area contributed by atoms with E-state index in [9.17, 15) is 0 Å². The van der Waals surface area contributed by atoms with Crippen molar-refractivity contribution in [1.29, 1.82) is 0 Å². The number of hydrogen-bond donors (Lipinski definition) is 1. The van der Waals surface area contributed by atoms with Gasteiger partial charge in [0.1, 0.15) is 5.76 Å². The van der Waals surface area contributed by atoms with Gasteiger partial charge in [-0.15, -0.1) is 0 Å². The summed E-state index contributed by atoms with van der Waals surface area (Å²) in [5, 5.41) is 4.54. The van der Waals surface area contributed by atoms with E-state index in [1.54, 1.807) is 0 Å². The van der Waals surface area contributed by atoms with Gasteiger partial charge in [0.2, 0.25) is 0 Å². The summed E-state index contributed by atoms with van der Waals surface area (Å²) in [5.41, 5.74) is 2.24. The van der Waals surface area contributed by atoms with E-state index in [-0.39, 0.29) is 6.10 Å². The van der Waals surface area contributed by atoms with Gasteiger partial charge >= 0.3 is 0 Å². The molecular weight excluding hydrogens is 214 g/mol. The van der Waals surface area contributed by atoms with Gasteiger partial charge in [-0.1, -0.05) is 12.1 Å². The van der Waals surface area contributed by atoms with Crippen LogP contribution >= 0.6 is 0 Å². The van der Waals surface area contributed by atoms with E-state index >= 15 is 0 Å². The molecule has 1 N–H and O–H groups in total. The molecule has 2 aromatic rings. The average Bonchev–Trinajstić information content (AvgIpc) is 2.68. The number of nitrogens with one attached hydrogen (secondary N) is 1. The summed E-state index contributed by atoms with van der Waals surface area (Å²) < 4.78 is 11.7. The van der Waals surface area contributed by atoms with Gasteiger partial charge in [-0.3, -0.25) is 0 Å². The molecule has 0 saturated carbocycles. The van der Waals surface area contributed by atoms with Gasteiger partial charge in [-0.05, 0) is 32.9 Å². The molecule has 90 valence electrons. The van der Waals surface area contributed by atoms with Crippen molar-refractivity contribution < 1.29 is 9.15 Å². The Morgan fingerprint density at radius 3 is 3.06 bits per heavy atom. The van der Waals surface area contributed by atoms with Crippen molar-refractivity contribution in [3.05, 3.63) is 29.5 Å². The molecule has 17 heavy (non-hydrogen) atoms. The van der Waals surface area contributed by atoms with Crippen LogP contribution in [0.5, 0.6) is 5.75 Å². The molecule has 0 unspecified atom stereocenters. The standard InChI is InChI=1S/C14H17NO2/c1-9(2)16-12-5-3-4-11-10-6-7-15-8-13(10)17-14(11)12/h3-5,9,15H,6-8H2,1-2H3. The molecule has 3 heteroatoms. The van der Waals surface area contributed by atoms with Gasteiger partial charge in [0.25, 0.3) is 0 Å². The number of rotatable bonds is 2. The minimum atomic E-state index is 0.167. The first-order valence-corrected chi connectivity index (χ1v) is 6.16. The fourth-order valence-electron chi connectivity index (χ4n) is 2.37. The molecule has 0 aliphatic carbocycles. The van der Waals surface area contributed by atoms with Crippen molar-refractivity contribution in [1.82, 2.24) is 5.32 Å². The second-order valence-electron chi connectivity index (χ2n) is 4.73. The summed E-state index contributed by atoms with van der Waals surface area (Å²) >= 11 is 0. The van der Waals surface area contributed by atoms with E-state index in [4.69, 9.17) is 9.15 Å². The van der Waals surface area contributed by atoms with E-state index in [0.717, 1.165) is 36.6 Å². The lowest BCUT2D eigenvalue weighted by Gasteiger charge is -2.10. The van der Waals surface area contributed by atoms with Gasteiger partial charge in [0, 0.05) is 10.9 Å². The van der Waals surface area contributed by atoms with E-state index in [1.807, 2.05) is 26.0 Å². The highest BCUT2D eigenvalue weighted by molar-refractivity contribution is 5.87. The first-order valence-electron chi connectivity index (χ1n) is 6.16. The lowest BCUT2D eigenvalue weighted by molar-refractivity contribution is 0.242. The molecule has 3 rings (SSSR count). The summed E-state index contributed by atoms with van der Waals surface area (Å²) in [4.78, 5) is 0. The van der Waals surface area contributed by atoms with Crippen molar-refractivity contribution in [2.24, 2.45) is 0 Å². The van der Waals surface area contributed by atoms with Gasteiger partial charge < -0.3 is 14.5 Å². The van der Waals surface area contributed by atoms with E-state index in [1.165, 1.54) is 10.9 Å². The molecule has 1 aliphatic heterocycles. The summed E-state index contributed by atoms with van der Waals surface area (Å²) in [6, 6.07) is 6.14. The summed E-state index contributed by atoms with van der Waals surface area (Å²) in [7, 11) is 0. The maximum atomic E-state index is 5.94. The first-order chi connectivity index (χ1) is 8.25. The van der Waals surface area contributed by atoms with Gasteiger partial charge in [0.05, 0.1) is 12.6 Å². The number of hydrogen-bond acceptors (Lipinski definition) is 3. The molecule has 0 atom stereocenters. The lowest BCUT2D eigenvalue weighted by Crippen LogP contribution is -2.22. The number of fused-ring (bicyclic) bond motifs is 3. The SMILES string of the molecule is CC(C)Oc1cccc2c3c(oc12)CNCC3. The Hall–Kier alpha value is -1.48. The quantitative estimate of drug-likeness (QED) is 0.863. The summed E-state index contributed by atoms with van der Waals surface area (Å²) in [6.45, 7) is 5.91. The summed E-state index contributed by atoms with van der Waals surface area (Å²) in [5.74, 6) is 1.91. The van der Waals surface area contributed by atoms with Crippen LogP contribution in [0.2, 0.25) is 0 Å². The predicted octanol–water partition coefficient (Wildman–Crippen LogP) is 2.87. The monoisotopic (exact) mass is 231 g/mol. The second kappa shape index (κ2) is 4.08. The van der Waals surface area contributed by atoms with Crippen molar-refractivity contribution in [3.63, 3.8) is 0 Å². The molecule has 1 aliphatic rings. The van der Waals surface area contributed by atoms with Gasteiger partial charge in [0.15, 0.2) is 11.3 Å². The zero-order chi connectivity index (χ0) is 11.8. The minimum absolute atomic E-state index is 0.167. The Bertz CT molecular complexity index is 542. The topological polar surface area (TPSA) is 34.4 Å². The highest BCUT2D eigenvalue weighted by atomic mass is 16.5. The number of ether oxygens (including phenoxy) is 1. The fraction of sp³-hybridized carbons (Fsp3) is 0.429. The van der Waals surface area contributed by atoms with Crippen LogP contribution in [0.15, 0.2) is 22.6 Å². The molecule has 0 radical (unpaired) electrons. The summed E-state index contributed by atoms with van der Waals surface area (Å²) in [6.07, 6.45) is 1.20. The highest BCUT2D eigenvalue weighted by Crippen LogP contribution is 2.34. The Morgan fingerprint density at radius 2 is 2.24 bits per heavy atom. The Balaban J connectivity index is 2.15. The molecule has 1 aromatic carbocycles. The molecule has 0 bridgehead atoms. The van der Waals surface area contributed by atoms with Crippen molar-refractivity contribution in [2.75, 3.05) is 6.54 Å². The third-order valence-corrected chi connectivity index (χ3v) is 3.07. The maximum Gasteiger partial charge on any atom is 0.176 e. The molecule has 0 amide bonds. The lowest BCUT2D eigenvalue weighted by atomic mass is 10.0. The third kappa shape index (κ3) is 1.80. The van der Waals surface area contributed by atoms with Crippen LogP contribution in [-0.4, -0.2) is 12.6 Å². The van der Waals surface area contributed by atoms with Crippen molar-refractivity contribution >= 4 is 11.0 Å². The van der Waals surface area contributed by atoms with Crippen LogP contribution < -0.4 is 10.1 Å². The number of para-hydroxylation sites is 1. The molecule has 3 nitrogen and oxygen atoms in total. The van der Waals surface area contributed by atoms with Gasteiger partial charge in [-0.2, -0.15) is 0 Å². The molecular formula is C14H17NO2. The van der Waals surface area contributed by atoms with Crippen LogP contribution in [0, 0.1) is 0 Å². The third-order valence-electron chi connectivity index (χ3n) is 3.07. The molecule has 0 fully saturated rings. The Morgan fingerprint density at radius 1 is 1.35 bits per heavy atom. The molecule has 0 saturated heterocycles. The van der Waals surface area contributed by atoms with Crippen molar-refractivity contribution in [3.8, 4) is 5.75 Å². The largest absolute Gasteiger partial charge is 0.487 e. The van der Waals surface area contributed by atoms with Crippen LogP contribution in [0.25, 0.3) is 11.0 Å². The first kappa shape index (κ1) is 10.7. The second-order valence-corrected chi connectivity index (χ2v) is 4.73. The molecule has 0 spiro atoms. The maximum absolute atomic E-state index is 5.94. The van der Waals surface area contributed by atoms with Crippen LogP contribution in [0.1, 0.15) is 25.2 Å². The highest BCUT2D eigenvalue weighted by Gasteiger charge is 2.19. The number of furan rings is 1. The zero-order valence-electron chi connectivity index (χ0n) is 10.2. The zero-order valence-corrected chi connectivity index (χ0v) is 10.2. The van der Waals surface area contributed by atoms with Crippen molar-refractivity contribution in [2.45, 2.75) is 32.9 Å². The molecule has 2 heterocycles. The van der Waals surface area contributed by atoms with Gasteiger partial charge in [-0.25, -0.2) is 0 Å². The van der Waals surface area contributed by atoms with E-state index in [0.29, 0.717) is 0 Å².